The summed E-state index contributed by atoms with van der Waals surface area (Å²) in [5.74, 6) is -0.928. The zero-order valence-electron chi connectivity index (χ0n) is 10.7. The van der Waals surface area contributed by atoms with Crippen LogP contribution in [0.1, 0.15) is 21.5 Å². The Morgan fingerprint density at radius 3 is 2.50 bits per heavy atom. The van der Waals surface area contributed by atoms with E-state index in [1.54, 1.807) is 12.1 Å². The Morgan fingerprint density at radius 1 is 1.15 bits per heavy atom. The average molecular weight is 293 g/mol. The molecule has 0 aromatic heterocycles. The topological polar surface area (TPSA) is 55.1 Å². The van der Waals surface area contributed by atoms with Gasteiger partial charge in [-0.15, -0.1) is 0 Å². The molecule has 0 saturated heterocycles. The van der Waals surface area contributed by atoms with Crippen molar-refractivity contribution in [2.24, 2.45) is 5.73 Å². The molecule has 0 aliphatic rings. The van der Waals surface area contributed by atoms with Crippen LogP contribution in [-0.2, 0) is 13.1 Å². The van der Waals surface area contributed by atoms with E-state index in [0.717, 1.165) is 5.56 Å². The number of hydrogen-bond donors (Lipinski definition) is 2. The van der Waals surface area contributed by atoms with Crippen LogP contribution in [0, 0.1) is 5.82 Å². The molecular formula is C15H14ClFN2O. The summed E-state index contributed by atoms with van der Waals surface area (Å²) in [4.78, 5) is 11.1. The molecule has 0 unspecified atom stereocenters. The fraction of sp³-hybridized carbons (Fsp3) is 0.133. The van der Waals surface area contributed by atoms with E-state index < -0.39 is 5.91 Å². The predicted octanol–water partition coefficient (Wildman–Crippen LogP) is 2.87. The van der Waals surface area contributed by atoms with E-state index in [-0.39, 0.29) is 5.82 Å². The Morgan fingerprint density at radius 2 is 1.85 bits per heavy atom. The molecule has 3 N–H and O–H groups in total. The second kappa shape index (κ2) is 6.50. The lowest BCUT2D eigenvalue weighted by Crippen LogP contribution is -2.16. The molecule has 0 aliphatic carbocycles. The highest BCUT2D eigenvalue weighted by Crippen LogP contribution is 2.12. The van der Waals surface area contributed by atoms with Crippen LogP contribution in [0.25, 0.3) is 0 Å². The number of primary amides is 1. The first-order valence-electron chi connectivity index (χ1n) is 6.09. The van der Waals surface area contributed by atoms with Crippen LogP contribution >= 0.6 is 11.6 Å². The van der Waals surface area contributed by atoms with Gasteiger partial charge in [-0.05, 0) is 35.9 Å². The molecule has 0 bridgehead atoms. The molecule has 3 nitrogen and oxygen atoms in total. The maximum atomic E-state index is 13.6. The van der Waals surface area contributed by atoms with Crippen LogP contribution in [0.4, 0.5) is 4.39 Å². The van der Waals surface area contributed by atoms with Gasteiger partial charge in [0.05, 0.1) is 0 Å². The van der Waals surface area contributed by atoms with Crippen LogP contribution in [-0.4, -0.2) is 5.91 Å². The number of amides is 1. The highest BCUT2D eigenvalue weighted by atomic mass is 35.5. The lowest BCUT2D eigenvalue weighted by atomic mass is 10.1. The van der Waals surface area contributed by atoms with Gasteiger partial charge < -0.3 is 11.1 Å². The first kappa shape index (κ1) is 14.5. The molecule has 0 atom stereocenters. The first-order chi connectivity index (χ1) is 9.56. The molecule has 0 fully saturated rings. The van der Waals surface area contributed by atoms with E-state index in [1.165, 1.54) is 18.2 Å². The van der Waals surface area contributed by atoms with Crippen molar-refractivity contribution in [1.29, 1.82) is 0 Å². The number of halogens is 2. The Bertz CT molecular complexity index is 614. The summed E-state index contributed by atoms with van der Waals surface area (Å²) in [5.41, 5.74) is 6.93. The largest absolute Gasteiger partial charge is 0.366 e. The molecule has 0 radical (unpaired) electrons. The number of rotatable bonds is 5. The van der Waals surface area contributed by atoms with E-state index >= 15 is 0 Å². The number of nitrogens with one attached hydrogen (secondary N) is 1. The molecule has 0 saturated carbocycles. The van der Waals surface area contributed by atoms with Crippen molar-refractivity contribution in [3.63, 3.8) is 0 Å². The molecule has 2 aromatic rings. The standard InChI is InChI=1S/C15H14ClFN2O/c16-13-4-1-10(2-5-13)8-19-9-12-7-11(15(18)20)3-6-14(12)17/h1-7,19H,8-9H2,(H2,18,20). The molecular weight excluding hydrogens is 279 g/mol. The van der Waals surface area contributed by atoms with Crippen molar-refractivity contribution in [2.45, 2.75) is 13.1 Å². The van der Waals surface area contributed by atoms with E-state index in [0.29, 0.717) is 29.2 Å². The van der Waals surface area contributed by atoms with E-state index in [2.05, 4.69) is 5.32 Å². The van der Waals surface area contributed by atoms with Gasteiger partial charge in [0.25, 0.3) is 0 Å². The normalized spacial score (nSPS) is 10.5. The number of carbonyl (C=O) groups excluding carboxylic acids is 1. The second-order valence-corrected chi connectivity index (χ2v) is 4.84. The summed E-state index contributed by atoms with van der Waals surface area (Å²) in [6.07, 6.45) is 0. The van der Waals surface area contributed by atoms with Gasteiger partial charge >= 0.3 is 0 Å². The van der Waals surface area contributed by atoms with Gasteiger partial charge in [-0.2, -0.15) is 0 Å². The second-order valence-electron chi connectivity index (χ2n) is 4.40. The van der Waals surface area contributed by atoms with Gasteiger partial charge in [-0.1, -0.05) is 23.7 Å². The summed E-state index contributed by atoms with van der Waals surface area (Å²) in [7, 11) is 0. The van der Waals surface area contributed by atoms with Gasteiger partial charge in [-0.25, -0.2) is 4.39 Å². The van der Waals surface area contributed by atoms with Crippen molar-refractivity contribution in [2.75, 3.05) is 0 Å². The lowest BCUT2D eigenvalue weighted by molar-refractivity contribution is 0.1000. The van der Waals surface area contributed by atoms with Crippen molar-refractivity contribution >= 4 is 17.5 Å². The fourth-order valence-electron chi connectivity index (χ4n) is 1.81. The molecule has 0 aliphatic heterocycles. The van der Waals surface area contributed by atoms with E-state index in [1.807, 2.05) is 12.1 Å². The Balaban J connectivity index is 1.98. The quantitative estimate of drug-likeness (QED) is 0.890. The van der Waals surface area contributed by atoms with Gasteiger partial charge in [0.15, 0.2) is 0 Å². The molecule has 1 amide bonds. The summed E-state index contributed by atoms with van der Waals surface area (Å²) < 4.78 is 13.6. The summed E-state index contributed by atoms with van der Waals surface area (Å²) in [6.45, 7) is 0.896. The van der Waals surface area contributed by atoms with Crippen molar-refractivity contribution in [1.82, 2.24) is 5.32 Å². The zero-order chi connectivity index (χ0) is 14.5. The number of hydrogen-bond acceptors (Lipinski definition) is 2. The van der Waals surface area contributed by atoms with Crippen LogP contribution in [0.2, 0.25) is 5.02 Å². The average Bonchev–Trinajstić information content (AvgIpc) is 2.43. The smallest absolute Gasteiger partial charge is 0.248 e. The third-order valence-corrected chi connectivity index (χ3v) is 3.14. The molecule has 2 rings (SSSR count). The SMILES string of the molecule is NC(=O)c1ccc(F)c(CNCc2ccc(Cl)cc2)c1. The highest BCUT2D eigenvalue weighted by molar-refractivity contribution is 6.30. The minimum absolute atomic E-state index is 0.301. The number of nitrogens with two attached hydrogens (primary N) is 1. The van der Waals surface area contributed by atoms with Gasteiger partial charge in [0, 0.05) is 29.2 Å². The van der Waals surface area contributed by atoms with Gasteiger partial charge in [-0.3, -0.25) is 4.79 Å². The lowest BCUT2D eigenvalue weighted by Gasteiger charge is -2.07. The van der Waals surface area contributed by atoms with Gasteiger partial charge in [0.1, 0.15) is 5.82 Å². The Kier molecular flexibility index (Phi) is 4.71. The summed E-state index contributed by atoms with van der Waals surface area (Å²) in [6, 6.07) is 11.5. The minimum atomic E-state index is -0.566. The van der Waals surface area contributed by atoms with Crippen LogP contribution in [0.15, 0.2) is 42.5 Å². The number of carbonyl (C=O) groups is 1. The van der Waals surface area contributed by atoms with Crippen molar-refractivity contribution in [3.05, 3.63) is 70.0 Å². The molecule has 20 heavy (non-hydrogen) atoms. The minimum Gasteiger partial charge on any atom is -0.366 e. The maximum absolute atomic E-state index is 13.6. The Labute approximate surface area is 121 Å². The monoisotopic (exact) mass is 292 g/mol. The predicted molar refractivity (Wildman–Crippen MR) is 76.9 cm³/mol. The van der Waals surface area contributed by atoms with E-state index in [9.17, 15) is 9.18 Å². The third-order valence-electron chi connectivity index (χ3n) is 2.89. The molecule has 0 spiro atoms. The summed E-state index contributed by atoms with van der Waals surface area (Å²) in [5, 5.41) is 3.78. The summed E-state index contributed by atoms with van der Waals surface area (Å²) >= 11 is 5.80. The van der Waals surface area contributed by atoms with Crippen molar-refractivity contribution in [3.8, 4) is 0 Å². The number of benzene rings is 2. The highest BCUT2D eigenvalue weighted by Gasteiger charge is 2.06. The van der Waals surface area contributed by atoms with Crippen LogP contribution in [0.5, 0.6) is 0 Å². The molecule has 2 aromatic carbocycles. The van der Waals surface area contributed by atoms with Crippen LogP contribution in [0.3, 0.4) is 0 Å². The molecule has 0 heterocycles. The fourth-order valence-corrected chi connectivity index (χ4v) is 1.93. The van der Waals surface area contributed by atoms with E-state index in [4.69, 9.17) is 17.3 Å². The Hall–Kier alpha value is -1.91. The maximum Gasteiger partial charge on any atom is 0.248 e. The van der Waals surface area contributed by atoms with Crippen molar-refractivity contribution < 1.29 is 9.18 Å². The first-order valence-corrected chi connectivity index (χ1v) is 6.47. The molecule has 5 heteroatoms. The zero-order valence-corrected chi connectivity index (χ0v) is 11.5. The van der Waals surface area contributed by atoms with Gasteiger partial charge in [0.2, 0.25) is 5.91 Å². The van der Waals surface area contributed by atoms with Crippen LogP contribution < -0.4 is 11.1 Å². The third kappa shape index (κ3) is 3.79. The molecule has 104 valence electrons.